The molecule has 0 radical (unpaired) electrons. The van der Waals surface area contributed by atoms with Gasteiger partial charge < -0.3 is 21.1 Å². The third kappa shape index (κ3) is 7.44. The summed E-state index contributed by atoms with van der Waals surface area (Å²) in [5.41, 5.74) is 6.39. The zero-order valence-electron chi connectivity index (χ0n) is 14.4. The fraction of sp³-hybridized carbons (Fsp3) is 0.353. The molecule has 1 rings (SSSR count). The van der Waals surface area contributed by atoms with E-state index in [-0.39, 0.29) is 37.6 Å². The normalized spacial score (nSPS) is 10.9. The minimum atomic E-state index is -0.997. The molecule has 5 N–H and O–H groups in total. The summed E-state index contributed by atoms with van der Waals surface area (Å²) in [6.07, 6.45) is -0.457. The summed E-state index contributed by atoms with van der Waals surface area (Å²) in [6, 6.07) is 7.19. The van der Waals surface area contributed by atoms with E-state index in [1.54, 1.807) is 37.3 Å². The Morgan fingerprint density at radius 3 is 2.38 bits per heavy atom. The Bertz CT molecular complexity index is 709. The number of nitriles is 1. The van der Waals surface area contributed by atoms with Gasteiger partial charge in [0.25, 0.3) is 0 Å². The Labute approximate surface area is 151 Å². The van der Waals surface area contributed by atoms with Crippen LogP contribution in [0.3, 0.4) is 0 Å². The van der Waals surface area contributed by atoms with Gasteiger partial charge in [0.1, 0.15) is 11.9 Å². The summed E-state index contributed by atoms with van der Waals surface area (Å²) in [5.74, 6) is -1.54. The number of carbonyl (C=O) groups excluding carboxylic acids is 3. The molecule has 138 valence electrons. The average Bonchev–Trinajstić information content (AvgIpc) is 2.60. The van der Waals surface area contributed by atoms with Crippen LogP contribution in [0.15, 0.2) is 24.3 Å². The molecule has 1 aromatic carbocycles. The number of anilines is 1. The first-order valence-electron chi connectivity index (χ1n) is 7.94. The van der Waals surface area contributed by atoms with Crippen LogP contribution in [0.5, 0.6) is 0 Å². The van der Waals surface area contributed by atoms with Gasteiger partial charge in [-0.2, -0.15) is 5.26 Å². The van der Waals surface area contributed by atoms with Crippen LogP contribution in [0.4, 0.5) is 5.69 Å². The van der Waals surface area contributed by atoms with E-state index in [9.17, 15) is 14.4 Å². The number of esters is 1. The molecule has 9 heteroatoms. The van der Waals surface area contributed by atoms with Gasteiger partial charge in [-0.1, -0.05) is 0 Å². The molecule has 0 bridgehead atoms. The molecule has 0 fully saturated rings. The highest BCUT2D eigenvalue weighted by Crippen LogP contribution is 2.10. The van der Waals surface area contributed by atoms with Gasteiger partial charge in [-0.15, -0.1) is 0 Å². The van der Waals surface area contributed by atoms with E-state index in [2.05, 4.69) is 10.6 Å². The number of nitrogens with one attached hydrogen (secondary N) is 3. The summed E-state index contributed by atoms with van der Waals surface area (Å²) < 4.78 is 4.72. The molecule has 0 aliphatic rings. The van der Waals surface area contributed by atoms with Crippen molar-refractivity contribution in [3.05, 3.63) is 29.8 Å². The van der Waals surface area contributed by atoms with Crippen LogP contribution in [0.2, 0.25) is 0 Å². The van der Waals surface area contributed by atoms with E-state index in [0.29, 0.717) is 11.3 Å². The molecule has 0 saturated carbocycles. The Morgan fingerprint density at radius 1 is 1.23 bits per heavy atom. The SMILES string of the molecule is CCOC(=O)CC(C#N)NC(=O)CCC(=O)Nc1ccc(C(=N)N)cc1. The van der Waals surface area contributed by atoms with Crippen molar-refractivity contribution in [3.63, 3.8) is 0 Å². The molecule has 0 aliphatic carbocycles. The molecule has 0 aliphatic heterocycles. The van der Waals surface area contributed by atoms with Crippen molar-refractivity contribution in [1.29, 1.82) is 10.7 Å². The number of carbonyl (C=O) groups is 3. The van der Waals surface area contributed by atoms with E-state index in [1.165, 1.54) is 0 Å². The zero-order chi connectivity index (χ0) is 19.5. The molecule has 0 aromatic heterocycles. The maximum absolute atomic E-state index is 11.9. The summed E-state index contributed by atoms with van der Waals surface area (Å²) >= 11 is 0. The first-order valence-corrected chi connectivity index (χ1v) is 7.94. The first kappa shape index (κ1) is 20.6. The van der Waals surface area contributed by atoms with Gasteiger partial charge in [0.2, 0.25) is 11.8 Å². The van der Waals surface area contributed by atoms with Crippen molar-refractivity contribution in [2.75, 3.05) is 11.9 Å². The zero-order valence-corrected chi connectivity index (χ0v) is 14.4. The van der Waals surface area contributed by atoms with Crippen LogP contribution in [0.1, 0.15) is 31.7 Å². The fourth-order valence-electron chi connectivity index (χ4n) is 1.97. The lowest BCUT2D eigenvalue weighted by Gasteiger charge is -2.11. The second-order valence-corrected chi connectivity index (χ2v) is 5.30. The quantitative estimate of drug-likeness (QED) is 0.288. The largest absolute Gasteiger partial charge is 0.466 e. The Kier molecular flexibility index (Phi) is 8.30. The Balaban J connectivity index is 2.41. The lowest BCUT2D eigenvalue weighted by atomic mass is 10.2. The highest BCUT2D eigenvalue weighted by Gasteiger charge is 2.17. The van der Waals surface area contributed by atoms with Crippen LogP contribution < -0.4 is 16.4 Å². The van der Waals surface area contributed by atoms with Gasteiger partial charge in [-0.25, -0.2) is 0 Å². The van der Waals surface area contributed by atoms with E-state index in [4.69, 9.17) is 21.1 Å². The van der Waals surface area contributed by atoms with Crippen LogP contribution in [0.25, 0.3) is 0 Å². The smallest absolute Gasteiger partial charge is 0.308 e. The van der Waals surface area contributed by atoms with E-state index < -0.39 is 17.9 Å². The number of amides is 2. The van der Waals surface area contributed by atoms with Crippen molar-refractivity contribution in [2.45, 2.75) is 32.2 Å². The number of rotatable bonds is 9. The average molecular weight is 359 g/mol. The highest BCUT2D eigenvalue weighted by atomic mass is 16.5. The van der Waals surface area contributed by atoms with Crippen molar-refractivity contribution in [3.8, 4) is 6.07 Å². The molecule has 0 saturated heterocycles. The summed E-state index contributed by atoms with van der Waals surface area (Å²) in [5, 5.41) is 21.2. The maximum atomic E-state index is 11.9. The van der Waals surface area contributed by atoms with Crippen LogP contribution in [-0.4, -0.2) is 36.3 Å². The predicted molar refractivity (Wildman–Crippen MR) is 94.1 cm³/mol. The lowest BCUT2D eigenvalue weighted by Crippen LogP contribution is -2.36. The Morgan fingerprint density at radius 2 is 1.85 bits per heavy atom. The number of hydrogen-bond donors (Lipinski definition) is 4. The predicted octanol–water partition coefficient (Wildman–Crippen LogP) is 0.651. The minimum Gasteiger partial charge on any atom is -0.466 e. The second-order valence-electron chi connectivity index (χ2n) is 5.30. The summed E-state index contributed by atoms with van der Waals surface area (Å²) in [7, 11) is 0. The number of benzene rings is 1. The molecular weight excluding hydrogens is 338 g/mol. The molecule has 2 amide bonds. The van der Waals surface area contributed by atoms with Crippen molar-refractivity contribution < 1.29 is 19.1 Å². The monoisotopic (exact) mass is 359 g/mol. The van der Waals surface area contributed by atoms with Gasteiger partial charge in [0, 0.05) is 24.1 Å². The molecule has 1 unspecified atom stereocenters. The molecule has 1 aromatic rings. The van der Waals surface area contributed by atoms with E-state index in [0.717, 1.165) is 0 Å². The van der Waals surface area contributed by atoms with Gasteiger partial charge in [0.15, 0.2) is 0 Å². The molecule has 9 nitrogen and oxygen atoms in total. The summed E-state index contributed by atoms with van der Waals surface area (Å²) in [4.78, 5) is 35.0. The Hall–Kier alpha value is -3.41. The molecule has 0 spiro atoms. The van der Waals surface area contributed by atoms with Crippen molar-refractivity contribution in [1.82, 2.24) is 5.32 Å². The standard InChI is InChI=1S/C17H21N5O4/c1-2-26-16(25)9-13(10-18)22-15(24)8-7-14(23)21-12-5-3-11(4-6-12)17(19)20/h3-6,13H,2,7-9H2,1H3,(H3,19,20)(H,21,23)(H,22,24). The van der Waals surface area contributed by atoms with Gasteiger partial charge in [0.05, 0.1) is 19.1 Å². The molecule has 1 atom stereocenters. The van der Waals surface area contributed by atoms with Crippen LogP contribution in [0, 0.1) is 16.7 Å². The van der Waals surface area contributed by atoms with Gasteiger partial charge in [-0.05, 0) is 31.2 Å². The topological polar surface area (TPSA) is 158 Å². The first-order chi connectivity index (χ1) is 12.3. The van der Waals surface area contributed by atoms with Crippen molar-refractivity contribution in [2.24, 2.45) is 5.73 Å². The minimum absolute atomic E-state index is 0.0746. The third-order valence-electron chi connectivity index (χ3n) is 3.23. The fourth-order valence-corrected chi connectivity index (χ4v) is 1.97. The third-order valence-corrected chi connectivity index (χ3v) is 3.23. The number of nitrogen functional groups attached to an aromatic ring is 1. The second kappa shape index (κ2) is 10.5. The molecular formula is C17H21N5O4. The van der Waals surface area contributed by atoms with Crippen LogP contribution >= 0.6 is 0 Å². The summed E-state index contributed by atoms with van der Waals surface area (Å²) in [6.45, 7) is 1.84. The number of amidine groups is 1. The molecule has 0 heterocycles. The van der Waals surface area contributed by atoms with Crippen molar-refractivity contribution >= 4 is 29.3 Å². The number of hydrogen-bond acceptors (Lipinski definition) is 6. The van der Waals surface area contributed by atoms with E-state index >= 15 is 0 Å². The number of ether oxygens (including phenoxy) is 1. The lowest BCUT2D eigenvalue weighted by molar-refractivity contribution is -0.143. The van der Waals surface area contributed by atoms with Gasteiger partial charge >= 0.3 is 5.97 Å². The maximum Gasteiger partial charge on any atom is 0.308 e. The number of nitrogens with two attached hydrogens (primary N) is 1. The number of nitrogens with zero attached hydrogens (tertiary/aromatic N) is 1. The molecule has 26 heavy (non-hydrogen) atoms. The van der Waals surface area contributed by atoms with Gasteiger partial charge in [-0.3, -0.25) is 19.8 Å². The highest BCUT2D eigenvalue weighted by molar-refractivity contribution is 5.96. The van der Waals surface area contributed by atoms with E-state index in [1.807, 2.05) is 0 Å². The van der Waals surface area contributed by atoms with Crippen LogP contribution in [-0.2, 0) is 19.1 Å².